The highest BCUT2D eigenvalue weighted by Gasteiger charge is 2.06. The van der Waals surface area contributed by atoms with Crippen LogP contribution in [0.25, 0.3) is 11.1 Å². The molecule has 0 aliphatic heterocycles. The van der Waals surface area contributed by atoms with Crippen LogP contribution < -0.4 is 0 Å². The van der Waals surface area contributed by atoms with Gasteiger partial charge in [0.15, 0.2) is 5.58 Å². The van der Waals surface area contributed by atoms with E-state index < -0.39 is 0 Å². The van der Waals surface area contributed by atoms with Crippen LogP contribution in [-0.2, 0) is 6.54 Å². The number of aryl methyl sites for hydroxylation is 1. The number of nitrogens with zero attached hydrogens (tertiary/aromatic N) is 4. The summed E-state index contributed by atoms with van der Waals surface area (Å²) in [6.45, 7) is 0.846. The van der Waals surface area contributed by atoms with Crippen LogP contribution in [0.4, 0.5) is 0 Å². The fraction of sp³-hybridized carbons (Fsp3) is 0.250. The van der Waals surface area contributed by atoms with Gasteiger partial charge in [0.25, 0.3) is 5.22 Å². The molecule has 0 N–H and O–H groups in total. The molecule has 3 aromatic rings. The maximum absolute atomic E-state index is 5.90. The minimum absolute atomic E-state index is 0.659. The predicted molar refractivity (Wildman–Crippen MR) is 74.4 cm³/mol. The van der Waals surface area contributed by atoms with Crippen LogP contribution in [0.1, 0.15) is 6.42 Å². The molecule has 98 valence electrons. The van der Waals surface area contributed by atoms with Gasteiger partial charge in [-0.25, -0.2) is 9.97 Å². The maximum Gasteiger partial charge on any atom is 0.256 e. The first kappa shape index (κ1) is 12.5. The Kier molecular flexibility index (Phi) is 3.70. The fourth-order valence-electron chi connectivity index (χ4n) is 1.67. The van der Waals surface area contributed by atoms with Crippen molar-refractivity contribution in [2.24, 2.45) is 0 Å². The number of hydrogen-bond acceptors (Lipinski definition) is 5. The highest BCUT2D eigenvalue weighted by atomic mass is 35.5. The molecule has 0 saturated heterocycles. The lowest BCUT2D eigenvalue weighted by Crippen LogP contribution is -1.99. The number of rotatable bonds is 5. The van der Waals surface area contributed by atoms with E-state index in [4.69, 9.17) is 16.0 Å². The topological polar surface area (TPSA) is 56.7 Å². The highest BCUT2D eigenvalue weighted by molar-refractivity contribution is 7.99. The molecule has 0 fully saturated rings. The molecule has 0 aliphatic rings. The fourth-order valence-corrected chi connectivity index (χ4v) is 2.60. The average molecular weight is 295 g/mol. The molecule has 0 aliphatic carbocycles. The van der Waals surface area contributed by atoms with Crippen molar-refractivity contribution in [1.82, 2.24) is 19.7 Å². The van der Waals surface area contributed by atoms with Gasteiger partial charge in [-0.3, -0.25) is 4.68 Å². The Labute approximate surface area is 119 Å². The van der Waals surface area contributed by atoms with Gasteiger partial charge in [-0.2, -0.15) is 5.10 Å². The van der Waals surface area contributed by atoms with Crippen LogP contribution in [0.3, 0.4) is 0 Å². The molecular formula is C12H11ClN4OS. The molecule has 0 unspecified atom stereocenters. The standard InChI is InChI=1S/C12H11ClN4OS/c13-9-2-3-10-11(6-9)18-12(16-10)19-5-1-4-17-8-14-7-15-17/h2-3,6-8H,1,4-5H2. The zero-order chi connectivity index (χ0) is 13.1. The van der Waals surface area contributed by atoms with Crippen LogP contribution >= 0.6 is 23.4 Å². The summed E-state index contributed by atoms with van der Waals surface area (Å²) in [5, 5.41) is 5.38. The van der Waals surface area contributed by atoms with Gasteiger partial charge < -0.3 is 4.42 Å². The van der Waals surface area contributed by atoms with Gasteiger partial charge >= 0.3 is 0 Å². The second-order valence-electron chi connectivity index (χ2n) is 3.95. The van der Waals surface area contributed by atoms with Crippen molar-refractivity contribution in [2.45, 2.75) is 18.2 Å². The van der Waals surface area contributed by atoms with Gasteiger partial charge in [-0.05, 0) is 18.6 Å². The maximum atomic E-state index is 5.90. The minimum Gasteiger partial charge on any atom is -0.431 e. The molecule has 0 spiro atoms. The van der Waals surface area contributed by atoms with Crippen molar-refractivity contribution < 1.29 is 4.42 Å². The van der Waals surface area contributed by atoms with Crippen molar-refractivity contribution in [3.05, 3.63) is 35.9 Å². The quantitative estimate of drug-likeness (QED) is 0.534. The normalized spacial score (nSPS) is 11.2. The molecule has 1 aromatic carbocycles. The summed E-state index contributed by atoms with van der Waals surface area (Å²) in [6, 6.07) is 5.45. The van der Waals surface area contributed by atoms with E-state index in [0.717, 1.165) is 29.8 Å². The summed E-state index contributed by atoms with van der Waals surface area (Å²) < 4.78 is 7.43. The number of oxazole rings is 1. The van der Waals surface area contributed by atoms with Crippen LogP contribution in [0.15, 0.2) is 40.5 Å². The molecular weight excluding hydrogens is 284 g/mol. The summed E-state index contributed by atoms with van der Waals surface area (Å²) in [7, 11) is 0. The predicted octanol–water partition coefficient (Wildman–Crippen LogP) is 3.26. The van der Waals surface area contributed by atoms with E-state index in [2.05, 4.69) is 15.1 Å². The zero-order valence-electron chi connectivity index (χ0n) is 9.99. The second-order valence-corrected chi connectivity index (χ2v) is 5.43. The summed E-state index contributed by atoms with van der Waals surface area (Å²) in [4.78, 5) is 8.29. The molecule has 2 aromatic heterocycles. The van der Waals surface area contributed by atoms with Gasteiger partial charge in [-0.15, -0.1) is 0 Å². The first-order chi connectivity index (χ1) is 9.31. The lowest BCUT2D eigenvalue weighted by Gasteiger charge is -1.98. The molecule has 19 heavy (non-hydrogen) atoms. The van der Waals surface area contributed by atoms with Gasteiger partial charge in [0.1, 0.15) is 18.2 Å². The summed E-state index contributed by atoms with van der Waals surface area (Å²) in [5.41, 5.74) is 1.56. The molecule has 0 radical (unpaired) electrons. The third-order valence-corrected chi connectivity index (χ3v) is 3.70. The van der Waals surface area contributed by atoms with Crippen LogP contribution in [0, 0.1) is 0 Å². The van der Waals surface area contributed by atoms with Gasteiger partial charge in [0, 0.05) is 23.4 Å². The zero-order valence-corrected chi connectivity index (χ0v) is 11.6. The smallest absolute Gasteiger partial charge is 0.256 e. The van der Waals surface area contributed by atoms with E-state index in [9.17, 15) is 0 Å². The van der Waals surface area contributed by atoms with Crippen molar-refractivity contribution in [3.8, 4) is 0 Å². The van der Waals surface area contributed by atoms with E-state index in [0.29, 0.717) is 10.2 Å². The molecule has 0 atom stereocenters. The number of aromatic nitrogens is 4. The molecule has 0 amide bonds. The molecule has 0 saturated carbocycles. The Morgan fingerprint density at radius 2 is 2.32 bits per heavy atom. The number of halogens is 1. The number of fused-ring (bicyclic) bond motifs is 1. The molecule has 7 heteroatoms. The first-order valence-corrected chi connectivity index (χ1v) is 7.19. The third-order valence-electron chi connectivity index (χ3n) is 2.55. The number of thioether (sulfide) groups is 1. The van der Waals surface area contributed by atoms with Crippen LogP contribution in [0.5, 0.6) is 0 Å². The largest absolute Gasteiger partial charge is 0.431 e. The Balaban J connectivity index is 1.56. The molecule has 5 nitrogen and oxygen atoms in total. The lowest BCUT2D eigenvalue weighted by molar-refractivity contribution is 0.489. The minimum atomic E-state index is 0.659. The Morgan fingerprint density at radius 3 is 3.16 bits per heavy atom. The van der Waals surface area contributed by atoms with Gasteiger partial charge in [0.2, 0.25) is 0 Å². The van der Waals surface area contributed by atoms with Gasteiger partial charge in [0.05, 0.1) is 0 Å². The number of hydrogen-bond donors (Lipinski definition) is 0. The molecule has 0 bridgehead atoms. The van der Waals surface area contributed by atoms with E-state index >= 15 is 0 Å². The first-order valence-electron chi connectivity index (χ1n) is 5.82. The van der Waals surface area contributed by atoms with E-state index in [1.807, 2.05) is 16.8 Å². The summed E-state index contributed by atoms with van der Waals surface area (Å²) in [5.74, 6) is 0.917. The van der Waals surface area contributed by atoms with Gasteiger partial charge in [-0.1, -0.05) is 23.4 Å². The highest BCUT2D eigenvalue weighted by Crippen LogP contribution is 2.25. The SMILES string of the molecule is Clc1ccc2nc(SCCCn3cncn3)oc2c1. The average Bonchev–Trinajstić information content (AvgIpc) is 3.02. The monoisotopic (exact) mass is 294 g/mol. The second kappa shape index (κ2) is 5.63. The van der Waals surface area contributed by atoms with E-state index in [-0.39, 0.29) is 0 Å². The summed E-state index contributed by atoms with van der Waals surface area (Å²) in [6.07, 6.45) is 4.23. The summed E-state index contributed by atoms with van der Waals surface area (Å²) >= 11 is 7.49. The van der Waals surface area contributed by atoms with Crippen LogP contribution in [-0.4, -0.2) is 25.5 Å². The van der Waals surface area contributed by atoms with Crippen molar-refractivity contribution in [2.75, 3.05) is 5.75 Å². The van der Waals surface area contributed by atoms with Crippen molar-refractivity contribution >= 4 is 34.5 Å². The van der Waals surface area contributed by atoms with Crippen LogP contribution in [0.2, 0.25) is 5.02 Å². The van der Waals surface area contributed by atoms with E-state index in [1.54, 1.807) is 24.2 Å². The lowest BCUT2D eigenvalue weighted by atomic mass is 10.3. The van der Waals surface area contributed by atoms with Crippen molar-refractivity contribution in [1.29, 1.82) is 0 Å². The molecule has 3 rings (SSSR count). The van der Waals surface area contributed by atoms with Crippen molar-refractivity contribution in [3.63, 3.8) is 0 Å². The Hall–Kier alpha value is -1.53. The Morgan fingerprint density at radius 1 is 1.37 bits per heavy atom. The van der Waals surface area contributed by atoms with E-state index in [1.165, 1.54) is 6.33 Å². The Bertz CT molecular complexity index is 667. The number of benzene rings is 1. The third kappa shape index (κ3) is 3.08. The molecule has 2 heterocycles.